The Morgan fingerprint density at radius 3 is 1.84 bits per heavy atom. The SMILES string of the molecule is C.C#CCCCCCc1cn(C(=O)OC(C)(C)C)c(N)n1.Cl.Nc1ncc(CCCCCc2cn(CCCC(=O)c3ccc(-c4ccc(F)cc4F)cc3O)nn2)[nH]1.[N-]=[N+]=NCCCC(=O)c1ccc(-c2ccc(F)cc2F)cc1O. The van der Waals surface area contributed by atoms with Gasteiger partial charge in [-0.3, -0.25) is 14.3 Å². The third-order valence-electron chi connectivity index (χ3n) is 11.8. The first kappa shape index (κ1) is 66.6. The van der Waals surface area contributed by atoms with Gasteiger partial charge in [-0.25, -0.2) is 36.9 Å². The number of aromatic nitrogens is 7. The number of rotatable bonds is 23. The van der Waals surface area contributed by atoms with Gasteiger partial charge >= 0.3 is 6.09 Å². The van der Waals surface area contributed by atoms with Crippen molar-refractivity contribution >= 4 is 42.0 Å². The normalized spacial score (nSPS) is 10.6. The second-order valence-electron chi connectivity index (χ2n) is 19.3. The van der Waals surface area contributed by atoms with Crippen LogP contribution in [0.1, 0.15) is 137 Å². The predicted octanol–water partition coefficient (Wildman–Crippen LogP) is 13.5. The molecule has 0 aliphatic rings. The lowest BCUT2D eigenvalue weighted by atomic mass is 9.99. The number of nitrogens with zero attached hydrogens (tertiary/aromatic N) is 9. The van der Waals surface area contributed by atoms with Gasteiger partial charge in [0.1, 0.15) is 40.4 Å². The van der Waals surface area contributed by atoms with Gasteiger partial charge in [-0.1, -0.05) is 42.7 Å². The Labute approximate surface area is 474 Å². The van der Waals surface area contributed by atoms with Crippen LogP contribution in [0.4, 0.5) is 34.3 Å². The number of aromatic amines is 1. The van der Waals surface area contributed by atoms with Gasteiger partial charge in [-0.05, 0) is 144 Å². The molecule has 0 saturated heterocycles. The molecular formula is C58H69ClF4N12O6. The van der Waals surface area contributed by atoms with E-state index >= 15 is 0 Å². The molecule has 7 N–H and O–H groups in total. The first-order valence-electron chi connectivity index (χ1n) is 25.6. The summed E-state index contributed by atoms with van der Waals surface area (Å²) in [4.78, 5) is 50.2. The van der Waals surface area contributed by atoms with Crippen molar-refractivity contribution < 1.29 is 46.9 Å². The van der Waals surface area contributed by atoms with Crippen LogP contribution in [0, 0.1) is 35.6 Å². The number of phenolic OH excluding ortho intramolecular Hbond substituents is 2. The Morgan fingerprint density at radius 1 is 0.765 bits per heavy atom. The number of carbonyl (C=O) groups is 3. The molecule has 432 valence electrons. The monoisotopic (exact) mass is 1140 g/mol. The van der Waals surface area contributed by atoms with Crippen molar-refractivity contribution in [3.63, 3.8) is 0 Å². The molecule has 0 atom stereocenters. The lowest BCUT2D eigenvalue weighted by molar-refractivity contribution is 0.0540. The fourth-order valence-electron chi connectivity index (χ4n) is 7.94. The van der Waals surface area contributed by atoms with E-state index in [-0.39, 0.29) is 90.5 Å². The first-order valence-corrected chi connectivity index (χ1v) is 25.6. The second-order valence-corrected chi connectivity index (χ2v) is 19.3. The molecule has 0 fully saturated rings. The quantitative estimate of drug-likeness (QED) is 0.00761. The molecule has 4 aromatic carbocycles. The topological polar surface area (TPSA) is 279 Å². The third kappa shape index (κ3) is 21.8. The van der Waals surface area contributed by atoms with E-state index in [1.54, 1.807) is 17.1 Å². The minimum atomic E-state index is -0.752. The zero-order valence-corrected chi connectivity index (χ0v) is 45.5. The Bertz CT molecular complexity index is 3270. The number of hydrogen-bond acceptors (Lipinski definition) is 13. The predicted molar refractivity (Wildman–Crippen MR) is 306 cm³/mol. The number of unbranched alkanes of at least 4 members (excludes halogenated alkanes) is 5. The number of hydrogen-bond donors (Lipinski definition) is 5. The molecule has 3 heterocycles. The summed E-state index contributed by atoms with van der Waals surface area (Å²) in [6, 6.07) is 14.8. The summed E-state index contributed by atoms with van der Waals surface area (Å²) in [6.07, 6.45) is 20.7. The van der Waals surface area contributed by atoms with Gasteiger partial charge in [0, 0.05) is 78.6 Å². The number of halogens is 5. The number of nitrogens with two attached hydrogens (primary N) is 2. The highest BCUT2D eigenvalue weighted by atomic mass is 35.5. The van der Waals surface area contributed by atoms with Crippen LogP contribution in [0.25, 0.3) is 32.7 Å². The van der Waals surface area contributed by atoms with E-state index in [0.29, 0.717) is 36.5 Å². The highest BCUT2D eigenvalue weighted by molar-refractivity contribution is 5.99. The van der Waals surface area contributed by atoms with Crippen LogP contribution in [0.5, 0.6) is 11.5 Å². The van der Waals surface area contributed by atoms with Crippen molar-refractivity contribution in [1.29, 1.82) is 0 Å². The highest BCUT2D eigenvalue weighted by Crippen LogP contribution is 2.31. The van der Waals surface area contributed by atoms with Gasteiger partial charge < -0.3 is 31.4 Å². The maximum Gasteiger partial charge on any atom is 0.421 e. The van der Waals surface area contributed by atoms with Crippen LogP contribution in [-0.4, -0.2) is 74.5 Å². The molecule has 0 aliphatic heterocycles. The number of aryl methyl sites for hydroxylation is 4. The number of benzene rings is 4. The highest BCUT2D eigenvalue weighted by Gasteiger charge is 2.21. The van der Waals surface area contributed by atoms with Gasteiger partial charge in [0.05, 0.1) is 28.7 Å². The van der Waals surface area contributed by atoms with E-state index in [1.807, 2.05) is 27.0 Å². The summed E-state index contributed by atoms with van der Waals surface area (Å²) in [6.45, 7) is 6.15. The Hall–Kier alpha value is -8.67. The first-order chi connectivity index (χ1) is 37.7. The number of aromatic hydroxyl groups is 2. The second kappa shape index (κ2) is 33.0. The van der Waals surface area contributed by atoms with E-state index < -0.39 is 35.0 Å². The number of azide groups is 1. The van der Waals surface area contributed by atoms with Crippen LogP contribution < -0.4 is 11.5 Å². The zero-order chi connectivity index (χ0) is 57.5. The number of terminal acetylenes is 1. The summed E-state index contributed by atoms with van der Waals surface area (Å²) in [5, 5.41) is 31.9. The molecule has 0 amide bonds. The number of H-pyrrole nitrogens is 1. The van der Waals surface area contributed by atoms with Crippen molar-refractivity contribution in [2.75, 3.05) is 18.0 Å². The van der Waals surface area contributed by atoms with Crippen LogP contribution in [0.3, 0.4) is 0 Å². The molecule has 0 aliphatic carbocycles. The number of ether oxygens (including phenoxy) is 1. The lowest BCUT2D eigenvalue weighted by Crippen LogP contribution is -2.27. The molecule has 0 saturated carbocycles. The zero-order valence-electron chi connectivity index (χ0n) is 44.7. The lowest BCUT2D eigenvalue weighted by Gasteiger charge is -2.19. The number of imidazole rings is 2. The van der Waals surface area contributed by atoms with Gasteiger partial charge in [-0.15, -0.1) is 29.8 Å². The van der Waals surface area contributed by atoms with E-state index in [2.05, 4.69) is 41.2 Å². The number of Topliss-reactive ketones (excluding diaryl/α,β-unsaturated/α-hetero) is 2. The third-order valence-corrected chi connectivity index (χ3v) is 11.8. The molecule has 3 aromatic heterocycles. The smallest absolute Gasteiger partial charge is 0.421 e. The Morgan fingerprint density at radius 2 is 1.32 bits per heavy atom. The fraction of sp³-hybridized carbons (Fsp3) is 0.362. The van der Waals surface area contributed by atoms with Gasteiger partial charge in [0.25, 0.3) is 0 Å². The van der Waals surface area contributed by atoms with E-state index in [9.17, 15) is 42.2 Å². The van der Waals surface area contributed by atoms with Crippen molar-refractivity contribution in [2.24, 2.45) is 5.11 Å². The summed E-state index contributed by atoms with van der Waals surface area (Å²) in [7, 11) is 0. The standard InChI is InChI=1S/C26H28F2N6O2.C16H13F2N3O2.C15H23N3O2.CH4.ClH/c27-18-9-11-21(23(28)14-18)17-8-10-22(25(36)13-17)24(35)7-4-12-34-16-20(32-33-34)6-3-1-2-5-19-15-30-26(29)31-19;17-11-4-6-12(14(18)9-11)10-3-5-13(16(23)8-10)15(22)2-1-7-20-21-19;1-5-6-7-8-9-10-12-11-18(13(16)17-12)14(19)20-15(2,3)4;;/h8-11,13-16,36H,1-7,12H2,(H3,29,30,31);3-6,8-9,23H,1-2,7H2;1,11H,6-10H2,2-4H3,(H2,16,17);1H4;1H. The van der Waals surface area contributed by atoms with Crippen LogP contribution in [0.2, 0.25) is 0 Å². The molecule has 7 rings (SSSR count). The van der Waals surface area contributed by atoms with Crippen molar-refractivity contribution in [2.45, 2.75) is 130 Å². The average molecular weight is 1140 g/mol. The van der Waals surface area contributed by atoms with E-state index in [0.717, 1.165) is 106 Å². The fourth-order valence-corrected chi connectivity index (χ4v) is 7.94. The molecular weight excluding hydrogens is 1070 g/mol. The van der Waals surface area contributed by atoms with Crippen LogP contribution >= 0.6 is 12.4 Å². The number of ketones is 2. The van der Waals surface area contributed by atoms with Gasteiger partial charge in [-0.2, -0.15) is 0 Å². The molecule has 0 radical (unpaired) electrons. The van der Waals surface area contributed by atoms with Crippen molar-refractivity contribution in [1.82, 2.24) is 34.5 Å². The summed E-state index contributed by atoms with van der Waals surface area (Å²) < 4.78 is 62.0. The number of anilines is 2. The minimum absolute atomic E-state index is 0. The molecule has 0 spiro atoms. The molecule has 18 nitrogen and oxygen atoms in total. The molecule has 7 aromatic rings. The average Bonchev–Trinajstić information content (AvgIpc) is 4.21. The van der Waals surface area contributed by atoms with Crippen LogP contribution in [0.15, 0.2) is 96.5 Å². The van der Waals surface area contributed by atoms with E-state index in [4.69, 9.17) is 28.2 Å². The molecule has 23 heteroatoms. The maximum absolute atomic E-state index is 14.0. The number of phenols is 2. The largest absolute Gasteiger partial charge is 0.507 e. The maximum atomic E-state index is 14.0. The Balaban J connectivity index is 0.000000334. The summed E-state index contributed by atoms with van der Waals surface area (Å²) in [5.74, 6) is -0.682. The van der Waals surface area contributed by atoms with Crippen molar-refractivity contribution in [3.05, 3.63) is 153 Å². The summed E-state index contributed by atoms with van der Waals surface area (Å²) in [5.41, 5.74) is 22.9. The Kier molecular flexibility index (Phi) is 27.2. The molecule has 0 bridgehead atoms. The molecule has 81 heavy (non-hydrogen) atoms. The van der Waals surface area contributed by atoms with E-state index in [1.165, 1.54) is 53.1 Å². The number of nitrogen functional groups attached to an aromatic ring is 2. The molecule has 0 unspecified atom stereocenters. The van der Waals surface area contributed by atoms with Crippen molar-refractivity contribution in [3.8, 4) is 46.1 Å². The van der Waals surface area contributed by atoms with Crippen LogP contribution in [-0.2, 0) is 30.5 Å². The minimum Gasteiger partial charge on any atom is -0.507 e. The number of carbonyl (C=O) groups excluding carboxylic acids is 3. The summed E-state index contributed by atoms with van der Waals surface area (Å²) >= 11 is 0. The number of nitrogens with one attached hydrogen (secondary N) is 1. The van der Waals surface area contributed by atoms with Gasteiger partial charge in [0.15, 0.2) is 17.5 Å². The van der Waals surface area contributed by atoms with Gasteiger partial charge in [0.2, 0.25) is 5.95 Å².